The highest BCUT2D eigenvalue weighted by Gasteiger charge is 2.37. The maximum Gasteiger partial charge on any atom is 0.407 e. The van der Waals surface area contributed by atoms with Gasteiger partial charge >= 0.3 is 6.09 Å². The molecule has 2 heterocycles. The van der Waals surface area contributed by atoms with Crippen LogP contribution in [0.4, 0.5) is 4.79 Å². The zero-order valence-corrected chi connectivity index (χ0v) is 19.6. The van der Waals surface area contributed by atoms with E-state index in [1.165, 1.54) is 10.4 Å². The lowest BCUT2D eigenvalue weighted by Crippen LogP contribution is -2.41. The van der Waals surface area contributed by atoms with E-state index in [-0.39, 0.29) is 40.0 Å². The number of halogens is 1. The highest BCUT2D eigenvalue weighted by atomic mass is 35.5. The molecule has 1 aliphatic rings. The van der Waals surface area contributed by atoms with E-state index >= 15 is 0 Å². The number of alkyl carbamates (subject to hydrolysis) is 1. The summed E-state index contributed by atoms with van der Waals surface area (Å²) in [5.41, 5.74) is -0.432. The smallest absolute Gasteiger partial charge is 0.407 e. The zero-order chi connectivity index (χ0) is 22.5. The lowest BCUT2D eigenvalue weighted by molar-refractivity contribution is 0.0507. The van der Waals surface area contributed by atoms with Crippen molar-refractivity contribution in [3.05, 3.63) is 23.0 Å². The van der Waals surface area contributed by atoms with Gasteiger partial charge in [0.2, 0.25) is 15.9 Å². The zero-order valence-electron chi connectivity index (χ0n) is 18.1. The average molecular weight is 458 g/mol. The van der Waals surface area contributed by atoms with Gasteiger partial charge < -0.3 is 14.5 Å². The number of carbonyl (C=O) groups is 1. The Bertz CT molecular complexity index is 1070. The molecule has 1 N–H and O–H groups in total. The van der Waals surface area contributed by atoms with Crippen LogP contribution < -0.4 is 5.32 Å². The fourth-order valence-corrected chi connectivity index (χ4v) is 5.29. The number of oxazole rings is 1. The van der Waals surface area contributed by atoms with Crippen molar-refractivity contribution in [2.45, 2.75) is 69.9 Å². The molecule has 0 saturated carbocycles. The molecule has 10 heteroatoms. The third-order valence-corrected chi connectivity index (χ3v) is 6.94. The number of nitrogens with zero attached hydrogens (tertiary/aromatic N) is 2. The van der Waals surface area contributed by atoms with Crippen molar-refractivity contribution in [2.24, 2.45) is 0 Å². The fourth-order valence-electron chi connectivity index (χ4n) is 3.17. The maximum absolute atomic E-state index is 13.4. The third-order valence-electron chi connectivity index (χ3n) is 4.58. The lowest BCUT2D eigenvalue weighted by Gasteiger charge is -2.22. The Morgan fingerprint density at radius 1 is 1.27 bits per heavy atom. The van der Waals surface area contributed by atoms with Crippen LogP contribution in [0.5, 0.6) is 0 Å². The van der Waals surface area contributed by atoms with Gasteiger partial charge in [0.1, 0.15) is 16.0 Å². The molecule has 0 aliphatic carbocycles. The minimum absolute atomic E-state index is 0.0719. The number of hydrogen-bond acceptors (Lipinski definition) is 6. The Balaban J connectivity index is 1.87. The standard InChI is InChI=1S/C20H28ClN3O5S/c1-19(2,3)17-23-14-8-7-13(21)16(15(14)28-17)30(26,27)24-10-9-12(11-24)22-18(25)29-20(4,5)6/h7-8,12H,9-11H2,1-6H3,(H,22,25). The first-order chi connectivity index (χ1) is 13.7. The van der Waals surface area contributed by atoms with Crippen LogP contribution >= 0.6 is 11.6 Å². The third kappa shape index (κ3) is 4.73. The maximum atomic E-state index is 13.4. The van der Waals surface area contributed by atoms with E-state index in [4.69, 9.17) is 20.8 Å². The molecule has 0 radical (unpaired) electrons. The number of aromatic nitrogens is 1. The van der Waals surface area contributed by atoms with Crippen molar-refractivity contribution in [3.8, 4) is 0 Å². The van der Waals surface area contributed by atoms with Gasteiger partial charge in [-0.2, -0.15) is 4.31 Å². The summed E-state index contributed by atoms with van der Waals surface area (Å²) < 4.78 is 39.2. The van der Waals surface area contributed by atoms with Crippen LogP contribution in [0.3, 0.4) is 0 Å². The summed E-state index contributed by atoms with van der Waals surface area (Å²) in [5, 5.41) is 2.80. The summed E-state index contributed by atoms with van der Waals surface area (Å²) >= 11 is 6.30. The Morgan fingerprint density at radius 2 is 1.93 bits per heavy atom. The Kier molecular flexibility index (Phi) is 5.85. The van der Waals surface area contributed by atoms with Gasteiger partial charge in [0.05, 0.1) is 5.02 Å². The Morgan fingerprint density at radius 3 is 2.53 bits per heavy atom. The molecular weight excluding hydrogens is 430 g/mol. The van der Waals surface area contributed by atoms with E-state index in [9.17, 15) is 13.2 Å². The lowest BCUT2D eigenvalue weighted by atomic mass is 9.97. The van der Waals surface area contributed by atoms with E-state index in [1.807, 2.05) is 20.8 Å². The van der Waals surface area contributed by atoms with E-state index in [0.29, 0.717) is 17.8 Å². The first-order valence-corrected chi connectivity index (χ1v) is 11.6. The molecule has 1 unspecified atom stereocenters. The molecule has 1 aliphatic heterocycles. The molecule has 0 spiro atoms. The number of benzene rings is 1. The van der Waals surface area contributed by atoms with Crippen LogP contribution in [0.15, 0.2) is 21.4 Å². The second kappa shape index (κ2) is 7.69. The second-order valence-corrected chi connectivity index (χ2v) is 11.8. The van der Waals surface area contributed by atoms with Crippen molar-refractivity contribution in [2.75, 3.05) is 13.1 Å². The molecule has 1 saturated heterocycles. The largest absolute Gasteiger partial charge is 0.444 e. The van der Waals surface area contributed by atoms with Crippen LogP contribution in [0.1, 0.15) is 53.9 Å². The van der Waals surface area contributed by atoms with E-state index in [0.717, 1.165) is 0 Å². The van der Waals surface area contributed by atoms with Crippen LogP contribution in [0.2, 0.25) is 5.02 Å². The van der Waals surface area contributed by atoms with Crippen molar-refractivity contribution in [3.63, 3.8) is 0 Å². The van der Waals surface area contributed by atoms with Crippen molar-refractivity contribution in [1.29, 1.82) is 0 Å². The number of amides is 1. The number of fused-ring (bicyclic) bond motifs is 1. The summed E-state index contributed by atoms with van der Waals surface area (Å²) in [5.74, 6) is 0.433. The van der Waals surface area contributed by atoms with Gasteiger partial charge in [-0.05, 0) is 39.3 Å². The SMILES string of the molecule is CC(C)(C)OC(=O)NC1CCN(S(=O)(=O)c2c(Cl)ccc3nc(C(C)(C)C)oc23)C1. The van der Waals surface area contributed by atoms with Gasteiger partial charge in [-0.1, -0.05) is 32.4 Å². The molecule has 1 amide bonds. The summed E-state index contributed by atoms with van der Waals surface area (Å²) in [6, 6.07) is 2.80. The molecule has 0 bridgehead atoms. The molecule has 1 aromatic carbocycles. The van der Waals surface area contributed by atoms with Crippen molar-refractivity contribution >= 4 is 38.8 Å². The molecule has 1 atom stereocenters. The molecule has 8 nitrogen and oxygen atoms in total. The number of hydrogen-bond donors (Lipinski definition) is 1. The van der Waals surface area contributed by atoms with Gasteiger partial charge in [-0.25, -0.2) is 18.2 Å². The summed E-state index contributed by atoms with van der Waals surface area (Å²) in [6.07, 6.45) is -0.104. The topological polar surface area (TPSA) is 102 Å². The van der Waals surface area contributed by atoms with Crippen LogP contribution in [0, 0.1) is 0 Å². The van der Waals surface area contributed by atoms with Gasteiger partial charge in [0.25, 0.3) is 0 Å². The highest BCUT2D eigenvalue weighted by Crippen LogP contribution is 2.36. The summed E-state index contributed by atoms with van der Waals surface area (Å²) in [6.45, 7) is 11.5. The van der Waals surface area contributed by atoms with Crippen LogP contribution in [-0.2, 0) is 20.2 Å². The summed E-state index contributed by atoms with van der Waals surface area (Å²) in [7, 11) is -3.96. The van der Waals surface area contributed by atoms with Crippen molar-refractivity contribution < 1.29 is 22.4 Å². The second-order valence-electron chi connectivity index (χ2n) is 9.49. The van der Waals surface area contributed by atoms with Crippen LogP contribution in [-0.4, -0.2) is 48.5 Å². The highest BCUT2D eigenvalue weighted by molar-refractivity contribution is 7.89. The first-order valence-electron chi connectivity index (χ1n) is 9.78. The molecular formula is C20H28ClN3O5S. The molecule has 30 heavy (non-hydrogen) atoms. The van der Waals surface area contributed by atoms with Gasteiger partial charge in [-0.15, -0.1) is 0 Å². The van der Waals surface area contributed by atoms with Crippen molar-refractivity contribution in [1.82, 2.24) is 14.6 Å². The monoisotopic (exact) mass is 457 g/mol. The minimum Gasteiger partial charge on any atom is -0.444 e. The fraction of sp³-hybridized carbons (Fsp3) is 0.600. The molecule has 166 valence electrons. The predicted octanol–water partition coefficient (Wildman–Crippen LogP) is 4.07. The van der Waals surface area contributed by atoms with E-state index in [2.05, 4.69) is 10.3 Å². The molecule has 2 aromatic rings. The number of ether oxygens (including phenoxy) is 1. The minimum atomic E-state index is -3.96. The Hall–Kier alpha value is -1.84. The molecule has 3 rings (SSSR count). The summed E-state index contributed by atoms with van der Waals surface area (Å²) in [4.78, 5) is 16.4. The van der Waals surface area contributed by atoms with Gasteiger partial charge in [0, 0.05) is 24.5 Å². The predicted molar refractivity (Wildman–Crippen MR) is 114 cm³/mol. The average Bonchev–Trinajstić information content (AvgIpc) is 3.19. The first kappa shape index (κ1) is 22.8. The van der Waals surface area contributed by atoms with E-state index < -0.39 is 21.7 Å². The number of sulfonamides is 1. The number of rotatable bonds is 3. The quantitative estimate of drug-likeness (QED) is 0.745. The van der Waals surface area contributed by atoms with Gasteiger partial charge in [-0.3, -0.25) is 0 Å². The normalized spacial score (nSPS) is 18.7. The number of nitrogens with one attached hydrogen (secondary N) is 1. The van der Waals surface area contributed by atoms with Gasteiger partial charge in [0.15, 0.2) is 5.58 Å². The van der Waals surface area contributed by atoms with E-state index in [1.54, 1.807) is 26.8 Å². The number of carbonyl (C=O) groups excluding carboxylic acids is 1. The van der Waals surface area contributed by atoms with Crippen LogP contribution in [0.25, 0.3) is 11.1 Å². The Labute approximate surface area is 182 Å². The molecule has 1 fully saturated rings. The molecule has 1 aromatic heterocycles.